The number of hydrogen-bond donors (Lipinski definition) is 1. The minimum Gasteiger partial charge on any atom is -0.384 e. The normalized spacial score (nSPS) is 12.6. The summed E-state index contributed by atoms with van der Waals surface area (Å²) >= 11 is 0. The standard InChI is InChI=1S/C19H22FNO4S/c1-13(11-25-3)12-26(23,24)17-6-4-5-15(10-17)19(22)21-16-7-8-18(20)14(2)9-16/h4-10,13H,11-12H2,1-3H3,(H,21,22). The second-order valence-corrected chi connectivity index (χ2v) is 8.32. The number of rotatable bonds is 7. The van der Waals surface area contributed by atoms with Crippen LogP contribution < -0.4 is 5.32 Å². The van der Waals surface area contributed by atoms with E-state index in [4.69, 9.17) is 4.74 Å². The summed E-state index contributed by atoms with van der Waals surface area (Å²) in [5, 5.41) is 2.65. The van der Waals surface area contributed by atoms with E-state index in [1.807, 2.05) is 0 Å². The Morgan fingerprint density at radius 1 is 1.23 bits per heavy atom. The highest BCUT2D eigenvalue weighted by molar-refractivity contribution is 7.91. The fourth-order valence-corrected chi connectivity index (χ4v) is 4.19. The van der Waals surface area contributed by atoms with Crippen molar-refractivity contribution in [2.75, 3.05) is 24.8 Å². The molecular formula is C19H22FNO4S. The summed E-state index contributed by atoms with van der Waals surface area (Å²) in [6.07, 6.45) is 0. The van der Waals surface area contributed by atoms with Gasteiger partial charge in [0.25, 0.3) is 5.91 Å². The molecule has 140 valence electrons. The van der Waals surface area contributed by atoms with Gasteiger partial charge in [-0.2, -0.15) is 0 Å². The van der Waals surface area contributed by atoms with E-state index in [9.17, 15) is 17.6 Å². The Morgan fingerprint density at radius 2 is 1.96 bits per heavy atom. The van der Waals surface area contributed by atoms with Gasteiger partial charge in [-0.3, -0.25) is 4.79 Å². The number of aryl methyl sites for hydroxylation is 1. The van der Waals surface area contributed by atoms with Crippen molar-refractivity contribution in [3.8, 4) is 0 Å². The van der Waals surface area contributed by atoms with Crippen LogP contribution in [0.4, 0.5) is 10.1 Å². The lowest BCUT2D eigenvalue weighted by molar-refractivity contribution is 0.102. The Balaban J connectivity index is 2.19. The molecule has 1 unspecified atom stereocenters. The van der Waals surface area contributed by atoms with Gasteiger partial charge < -0.3 is 10.1 Å². The van der Waals surface area contributed by atoms with Gasteiger partial charge in [-0.25, -0.2) is 12.8 Å². The summed E-state index contributed by atoms with van der Waals surface area (Å²) in [6.45, 7) is 3.72. The van der Waals surface area contributed by atoms with Crippen molar-refractivity contribution in [1.82, 2.24) is 0 Å². The summed E-state index contributed by atoms with van der Waals surface area (Å²) in [7, 11) is -2.01. The summed E-state index contributed by atoms with van der Waals surface area (Å²) < 4.78 is 43.3. The first-order chi connectivity index (χ1) is 12.2. The molecule has 5 nitrogen and oxygen atoms in total. The predicted octanol–water partition coefficient (Wildman–Crippen LogP) is 3.44. The molecule has 0 saturated carbocycles. The molecule has 0 aliphatic heterocycles. The molecule has 0 aliphatic rings. The van der Waals surface area contributed by atoms with E-state index in [1.165, 1.54) is 49.6 Å². The molecule has 0 aliphatic carbocycles. The minimum atomic E-state index is -3.53. The molecule has 0 bridgehead atoms. The first kappa shape index (κ1) is 20.1. The van der Waals surface area contributed by atoms with Gasteiger partial charge in [0.1, 0.15) is 5.82 Å². The number of benzene rings is 2. The van der Waals surface area contributed by atoms with Gasteiger partial charge in [-0.1, -0.05) is 13.0 Å². The maximum Gasteiger partial charge on any atom is 0.255 e. The molecule has 0 fully saturated rings. The molecule has 2 aromatic carbocycles. The van der Waals surface area contributed by atoms with Crippen molar-refractivity contribution in [3.05, 3.63) is 59.4 Å². The molecule has 0 saturated heterocycles. The van der Waals surface area contributed by atoms with Gasteiger partial charge in [0.2, 0.25) is 0 Å². The number of amides is 1. The average Bonchev–Trinajstić information content (AvgIpc) is 2.58. The topological polar surface area (TPSA) is 72.5 Å². The molecule has 7 heteroatoms. The van der Waals surface area contributed by atoms with Crippen LogP contribution >= 0.6 is 0 Å². The number of carbonyl (C=O) groups is 1. The maximum atomic E-state index is 13.3. The van der Waals surface area contributed by atoms with Crippen LogP contribution in [0.15, 0.2) is 47.4 Å². The second-order valence-electron chi connectivity index (χ2n) is 6.29. The summed E-state index contributed by atoms with van der Waals surface area (Å²) in [4.78, 5) is 12.5. The fourth-order valence-electron chi connectivity index (χ4n) is 2.56. The van der Waals surface area contributed by atoms with E-state index in [-0.39, 0.29) is 27.9 Å². The molecule has 0 spiro atoms. The zero-order chi connectivity index (χ0) is 19.3. The molecule has 1 atom stereocenters. The number of hydrogen-bond acceptors (Lipinski definition) is 4. The van der Waals surface area contributed by atoms with E-state index in [0.29, 0.717) is 17.9 Å². The monoisotopic (exact) mass is 379 g/mol. The number of nitrogens with one attached hydrogen (secondary N) is 1. The zero-order valence-corrected chi connectivity index (χ0v) is 15.8. The number of methoxy groups -OCH3 is 1. The number of ether oxygens (including phenoxy) is 1. The van der Waals surface area contributed by atoms with Gasteiger partial charge in [-0.05, 0) is 54.8 Å². The van der Waals surface area contributed by atoms with Crippen LogP contribution in [-0.4, -0.2) is 33.8 Å². The van der Waals surface area contributed by atoms with Crippen LogP contribution in [0.25, 0.3) is 0 Å². The van der Waals surface area contributed by atoms with Gasteiger partial charge in [0.15, 0.2) is 9.84 Å². The third kappa shape index (κ3) is 5.12. The van der Waals surface area contributed by atoms with Crippen molar-refractivity contribution in [2.24, 2.45) is 5.92 Å². The molecule has 0 heterocycles. The van der Waals surface area contributed by atoms with Gasteiger partial charge in [0, 0.05) is 25.0 Å². The number of halogens is 1. The quantitative estimate of drug-likeness (QED) is 0.800. The molecule has 2 aromatic rings. The van der Waals surface area contributed by atoms with E-state index in [2.05, 4.69) is 5.32 Å². The van der Waals surface area contributed by atoms with Crippen molar-refractivity contribution < 1.29 is 22.3 Å². The molecule has 0 radical (unpaired) electrons. The zero-order valence-electron chi connectivity index (χ0n) is 15.0. The second kappa shape index (κ2) is 8.42. The predicted molar refractivity (Wildman–Crippen MR) is 98.6 cm³/mol. The number of anilines is 1. The van der Waals surface area contributed by atoms with Crippen LogP contribution in [0.3, 0.4) is 0 Å². The Bertz CT molecular complexity index is 896. The maximum absolute atomic E-state index is 13.3. The summed E-state index contributed by atoms with van der Waals surface area (Å²) in [5.74, 6) is -1.05. The summed E-state index contributed by atoms with van der Waals surface area (Å²) in [5.41, 5.74) is 1.06. The van der Waals surface area contributed by atoms with E-state index < -0.39 is 15.7 Å². The minimum absolute atomic E-state index is 0.0664. The van der Waals surface area contributed by atoms with Gasteiger partial charge in [0.05, 0.1) is 10.6 Å². The Morgan fingerprint density at radius 3 is 2.62 bits per heavy atom. The summed E-state index contributed by atoms with van der Waals surface area (Å²) in [6, 6.07) is 10.1. The highest BCUT2D eigenvalue weighted by atomic mass is 32.2. The molecule has 2 rings (SSSR count). The lowest BCUT2D eigenvalue weighted by Gasteiger charge is -2.12. The molecular weight excluding hydrogens is 357 g/mol. The molecule has 26 heavy (non-hydrogen) atoms. The third-order valence-corrected chi connectivity index (χ3v) is 5.81. The fraction of sp³-hybridized carbons (Fsp3) is 0.316. The number of carbonyl (C=O) groups excluding carboxylic acids is 1. The number of sulfone groups is 1. The van der Waals surface area contributed by atoms with Gasteiger partial charge in [-0.15, -0.1) is 0 Å². The SMILES string of the molecule is COCC(C)CS(=O)(=O)c1cccc(C(=O)Nc2ccc(F)c(C)c2)c1. The first-order valence-electron chi connectivity index (χ1n) is 8.12. The molecule has 1 amide bonds. The highest BCUT2D eigenvalue weighted by Gasteiger charge is 2.20. The van der Waals surface area contributed by atoms with Crippen LogP contribution in [0, 0.1) is 18.7 Å². The first-order valence-corrected chi connectivity index (χ1v) is 9.77. The van der Waals surface area contributed by atoms with Gasteiger partial charge >= 0.3 is 0 Å². The lowest BCUT2D eigenvalue weighted by atomic mass is 10.2. The van der Waals surface area contributed by atoms with Crippen LogP contribution in [0.2, 0.25) is 0 Å². The van der Waals surface area contributed by atoms with Crippen LogP contribution in [0.1, 0.15) is 22.8 Å². The van der Waals surface area contributed by atoms with Crippen LogP contribution in [-0.2, 0) is 14.6 Å². The van der Waals surface area contributed by atoms with Crippen molar-refractivity contribution >= 4 is 21.4 Å². The average molecular weight is 379 g/mol. The smallest absolute Gasteiger partial charge is 0.255 e. The van der Waals surface area contributed by atoms with E-state index in [0.717, 1.165) is 0 Å². The Labute approximate surface area is 153 Å². The van der Waals surface area contributed by atoms with Crippen molar-refractivity contribution in [3.63, 3.8) is 0 Å². The highest BCUT2D eigenvalue weighted by Crippen LogP contribution is 2.18. The van der Waals surface area contributed by atoms with E-state index >= 15 is 0 Å². The van der Waals surface area contributed by atoms with Crippen molar-refractivity contribution in [2.45, 2.75) is 18.7 Å². The molecule has 0 aromatic heterocycles. The van der Waals surface area contributed by atoms with Crippen LogP contribution in [0.5, 0.6) is 0 Å². The molecule has 1 N–H and O–H groups in total. The third-order valence-electron chi connectivity index (χ3n) is 3.83. The largest absolute Gasteiger partial charge is 0.384 e. The lowest BCUT2D eigenvalue weighted by Crippen LogP contribution is -2.18. The Kier molecular flexibility index (Phi) is 6.50. The van der Waals surface area contributed by atoms with E-state index in [1.54, 1.807) is 13.8 Å². The van der Waals surface area contributed by atoms with Crippen molar-refractivity contribution in [1.29, 1.82) is 0 Å². The Hall–Kier alpha value is -2.25.